The van der Waals surface area contributed by atoms with E-state index in [4.69, 9.17) is 11.6 Å². The van der Waals surface area contributed by atoms with Crippen LogP contribution in [0.1, 0.15) is 5.56 Å². The van der Waals surface area contributed by atoms with Gasteiger partial charge in [-0.2, -0.15) is 0 Å². The summed E-state index contributed by atoms with van der Waals surface area (Å²) in [6, 6.07) is 3.62. The number of rotatable bonds is 6. The Bertz CT molecular complexity index is 269. The minimum absolute atomic E-state index is 0.241. The molecule has 1 aromatic rings. The minimum atomic E-state index is -2.32. The van der Waals surface area contributed by atoms with Crippen molar-refractivity contribution in [2.24, 2.45) is 0 Å². The van der Waals surface area contributed by atoms with Gasteiger partial charge in [0, 0.05) is 31.4 Å². The Kier molecular flexibility index (Phi) is 5.50. The van der Waals surface area contributed by atoms with Crippen LogP contribution in [0.5, 0.6) is 0 Å². The molecule has 0 amide bonds. The third kappa shape index (κ3) is 5.04. The van der Waals surface area contributed by atoms with Gasteiger partial charge in [0.15, 0.2) is 0 Å². The zero-order valence-corrected chi connectivity index (χ0v) is 9.00. The largest absolute Gasteiger partial charge is 0.292 e. The zero-order valence-electron chi connectivity index (χ0n) is 8.24. The highest BCUT2D eigenvalue weighted by Crippen LogP contribution is 2.06. The summed E-state index contributed by atoms with van der Waals surface area (Å²) in [7, 11) is 0. The summed E-state index contributed by atoms with van der Waals surface area (Å²) in [6.45, 7) is 0.711. The zero-order chi connectivity index (χ0) is 11.1. The van der Waals surface area contributed by atoms with Crippen LogP contribution in [0, 0.1) is 0 Å². The van der Waals surface area contributed by atoms with Crippen molar-refractivity contribution in [3.05, 3.63) is 30.1 Å². The van der Waals surface area contributed by atoms with Crippen molar-refractivity contribution in [2.45, 2.75) is 13.0 Å². The second-order valence-corrected chi connectivity index (χ2v) is 3.55. The number of pyridine rings is 1. The summed E-state index contributed by atoms with van der Waals surface area (Å²) < 4.78 is 24.4. The lowest BCUT2D eigenvalue weighted by molar-refractivity contribution is 0.0878. The van der Waals surface area contributed by atoms with Gasteiger partial charge in [-0.15, -0.1) is 11.6 Å². The second kappa shape index (κ2) is 6.69. The van der Waals surface area contributed by atoms with Crippen LogP contribution in [-0.2, 0) is 6.54 Å². The van der Waals surface area contributed by atoms with E-state index in [0.29, 0.717) is 19.0 Å². The molecule has 84 valence electrons. The van der Waals surface area contributed by atoms with Gasteiger partial charge in [0.2, 0.25) is 0 Å². The first-order valence-corrected chi connectivity index (χ1v) is 5.21. The van der Waals surface area contributed by atoms with E-state index in [1.165, 1.54) is 0 Å². The molecular formula is C10H13ClF2N2. The molecule has 0 fully saturated rings. The molecule has 0 N–H and O–H groups in total. The Morgan fingerprint density at radius 2 is 2.00 bits per heavy atom. The molecule has 0 unspecified atom stereocenters. The van der Waals surface area contributed by atoms with E-state index in [1.54, 1.807) is 17.3 Å². The number of nitrogens with zero attached hydrogens (tertiary/aromatic N) is 2. The van der Waals surface area contributed by atoms with Crippen LogP contribution >= 0.6 is 11.6 Å². The maximum absolute atomic E-state index is 12.2. The number of alkyl halides is 3. The van der Waals surface area contributed by atoms with Crippen molar-refractivity contribution >= 4 is 11.6 Å². The van der Waals surface area contributed by atoms with Crippen LogP contribution < -0.4 is 0 Å². The summed E-state index contributed by atoms with van der Waals surface area (Å²) >= 11 is 5.55. The molecular weight excluding hydrogens is 222 g/mol. The molecule has 1 aromatic heterocycles. The smallest absolute Gasteiger partial charge is 0.251 e. The van der Waals surface area contributed by atoms with Crippen molar-refractivity contribution in [1.82, 2.24) is 9.88 Å². The van der Waals surface area contributed by atoms with Crippen LogP contribution in [0.3, 0.4) is 0 Å². The van der Waals surface area contributed by atoms with Gasteiger partial charge in [0.1, 0.15) is 0 Å². The van der Waals surface area contributed by atoms with Gasteiger partial charge < -0.3 is 0 Å². The van der Waals surface area contributed by atoms with E-state index >= 15 is 0 Å². The van der Waals surface area contributed by atoms with E-state index in [-0.39, 0.29) is 6.54 Å². The Morgan fingerprint density at radius 3 is 2.53 bits per heavy atom. The van der Waals surface area contributed by atoms with Crippen molar-refractivity contribution in [3.63, 3.8) is 0 Å². The number of aromatic nitrogens is 1. The van der Waals surface area contributed by atoms with Gasteiger partial charge in [0.25, 0.3) is 6.43 Å². The SMILES string of the molecule is FC(F)CN(CCCl)Cc1ccncc1. The molecule has 0 radical (unpaired) electrons. The minimum Gasteiger partial charge on any atom is -0.292 e. The van der Waals surface area contributed by atoms with Gasteiger partial charge in [0.05, 0.1) is 6.54 Å². The number of hydrogen-bond donors (Lipinski definition) is 0. The van der Waals surface area contributed by atoms with E-state index < -0.39 is 6.43 Å². The molecule has 5 heteroatoms. The maximum atomic E-state index is 12.2. The van der Waals surface area contributed by atoms with Gasteiger partial charge in [-0.1, -0.05) is 0 Å². The van der Waals surface area contributed by atoms with Crippen molar-refractivity contribution in [2.75, 3.05) is 19.0 Å². The first-order chi connectivity index (χ1) is 7.22. The van der Waals surface area contributed by atoms with Crippen molar-refractivity contribution in [3.8, 4) is 0 Å². The molecule has 0 aliphatic heterocycles. The fraction of sp³-hybridized carbons (Fsp3) is 0.500. The standard InChI is InChI=1S/C10H13ClF2N2/c11-3-6-15(8-10(12)13)7-9-1-4-14-5-2-9/h1-2,4-5,10H,3,6-8H2. The molecule has 1 heterocycles. The quantitative estimate of drug-likeness (QED) is 0.703. The molecule has 0 bridgehead atoms. The summed E-state index contributed by atoms with van der Waals surface area (Å²) in [5, 5.41) is 0. The normalized spacial score (nSPS) is 11.3. The van der Waals surface area contributed by atoms with Crippen LogP contribution in [0.15, 0.2) is 24.5 Å². The molecule has 0 aliphatic rings. The first-order valence-electron chi connectivity index (χ1n) is 4.67. The third-order valence-electron chi connectivity index (χ3n) is 1.95. The van der Waals surface area contributed by atoms with Crippen LogP contribution in [-0.4, -0.2) is 35.3 Å². The molecule has 1 rings (SSSR count). The lowest BCUT2D eigenvalue weighted by Crippen LogP contribution is -2.30. The van der Waals surface area contributed by atoms with Gasteiger partial charge >= 0.3 is 0 Å². The summed E-state index contributed by atoms with van der Waals surface area (Å²) in [6.07, 6.45) is 0.975. The van der Waals surface area contributed by atoms with E-state index in [0.717, 1.165) is 5.56 Å². The van der Waals surface area contributed by atoms with Gasteiger partial charge in [-0.25, -0.2) is 8.78 Å². The molecule has 15 heavy (non-hydrogen) atoms. The Morgan fingerprint density at radius 1 is 1.33 bits per heavy atom. The average molecular weight is 235 g/mol. The highest BCUT2D eigenvalue weighted by Gasteiger charge is 2.11. The van der Waals surface area contributed by atoms with Crippen LogP contribution in [0.2, 0.25) is 0 Å². The predicted molar refractivity (Wildman–Crippen MR) is 56.2 cm³/mol. The Balaban J connectivity index is 2.50. The van der Waals surface area contributed by atoms with E-state index in [1.807, 2.05) is 12.1 Å². The Hall–Kier alpha value is -0.740. The molecule has 0 spiro atoms. The topological polar surface area (TPSA) is 16.1 Å². The lowest BCUT2D eigenvalue weighted by atomic mass is 10.2. The second-order valence-electron chi connectivity index (χ2n) is 3.17. The van der Waals surface area contributed by atoms with Gasteiger partial charge in [-0.05, 0) is 17.7 Å². The fourth-order valence-corrected chi connectivity index (χ4v) is 1.54. The van der Waals surface area contributed by atoms with Crippen LogP contribution in [0.4, 0.5) is 8.78 Å². The summed E-state index contributed by atoms with van der Waals surface area (Å²) in [4.78, 5) is 5.50. The van der Waals surface area contributed by atoms with Gasteiger partial charge in [-0.3, -0.25) is 9.88 Å². The fourth-order valence-electron chi connectivity index (χ4n) is 1.30. The first kappa shape index (κ1) is 12.3. The number of hydrogen-bond acceptors (Lipinski definition) is 2. The Labute approximate surface area is 92.9 Å². The molecule has 0 saturated heterocycles. The summed E-state index contributed by atoms with van der Waals surface area (Å²) in [5.41, 5.74) is 0.968. The maximum Gasteiger partial charge on any atom is 0.251 e. The highest BCUT2D eigenvalue weighted by atomic mass is 35.5. The van der Waals surface area contributed by atoms with Crippen LogP contribution in [0.25, 0.3) is 0 Å². The monoisotopic (exact) mass is 234 g/mol. The molecule has 2 nitrogen and oxygen atoms in total. The summed E-state index contributed by atoms with van der Waals surface area (Å²) in [5.74, 6) is 0.359. The molecule has 0 atom stereocenters. The predicted octanol–water partition coefficient (Wildman–Crippen LogP) is 2.39. The average Bonchev–Trinajstić information content (AvgIpc) is 2.18. The highest BCUT2D eigenvalue weighted by molar-refractivity contribution is 6.18. The number of halogens is 3. The van der Waals surface area contributed by atoms with E-state index in [2.05, 4.69) is 4.98 Å². The molecule has 0 saturated carbocycles. The van der Waals surface area contributed by atoms with Crippen molar-refractivity contribution < 1.29 is 8.78 Å². The third-order valence-corrected chi connectivity index (χ3v) is 2.12. The molecule has 0 aromatic carbocycles. The lowest BCUT2D eigenvalue weighted by Gasteiger charge is -2.20. The van der Waals surface area contributed by atoms with Crippen molar-refractivity contribution in [1.29, 1.82) is 0 Å². The molecule has 0 aliphatic carbocycles. The van der Waals surface area contributed by atoms with E-state index in [9.17, 15) is 8.78 Å².